The summed E-state index contributed by atoms with van der Waals surface area (Å²) in [6.07, 6.45) is 7.60. The summed E-state index contributed by atoms with van der Waals surface area (Å²) in [6, 6.07) is 1.88. The molecule has 132 valence electrons. The molecule has 3 aromatic rings. The maximum absolute atomic E-state index is 6.01. The molecule has 1 atom stereocenters. The average Bonchev–Trinajstić information content (AvgIpc) is 3.29. The summed E-state index contributed by atoms with van der Waals surface area (Å²) in [5.41, 5.74) is 2.55. The second-order valence-corrected chi connectivity index (χ2v) is 7.65. The van der Waals surface area contributed by atoms with Crippen molar-refractivity contribution in [3.63, 3.8) is 0 Å². The zero-order chi connectivity index (χ0) is 17.9. The lowest BCUT2D eigenvalue weighted by Crippen LogP contribution is -2.07. The fourth-order valence-corrected chi connectivity index (χ4v) is 4.39. The van der Waals surface area contributed by atoms with Gasteiger partial charge in [0.2, 0.25) is 5.82 Å². The molecule has 0 amide bonds. The van der Waals surface area contributed by atoms with Gasteiger partial charge in [0.05, 0.1) is 16.7 Å². The van der Waals surface area contributed by atoms with Crippen LogP contribution in [0.25, 0.3) is 11.2 Å². The predicted octanol–water partition coefficient (Wildman–Crippen LogP) is 3.88. The van der Waals surface area contributed by atoms with Crippen molar-refractivity contribution in [2.75, 3.05) is 11.1 Å². The Kier molecular flexibility index (Phi) is 4.96. The summed E-state index contributed by atoms with van der Waals surface area (Å²) in [5.74, 6) is 8.18. The molecule has 4 rings (SSSR count). The molecule has 1 aliphatic heterocycles. The number of aromatic nitrogens is 5. The summed E-state index contributed by atoms with van der Waals surface area (Å²) >= 11 is 7.95. The molecule has 26 heavy (non-hydrogen) atoms. The average molecular weight is 385 g/mol. The monoisotopic (exact) mass is 384 g/mol. The van der Waals surface area contributed by atoms with Crippen LogP contribution in [-0.4, -0.2) is 30.3 Å². The first kappa shape index (κ1) is 17.1. The molecule has 1 N–H and O–H groups in total. The second kappa shape index (κ2) is 7.52. The Bertz CT molecular complexity index is 1000. The normalized spacial score (nSPS) is 16.5. The highest BCUT2D eigenvalue weighted by Gasteiger charge is 2.22. The van der Waals surface area contributed by atoms with E-state index in [2.05, 4.69) is 41.7 Å². The van der Waals surface area contributed by atoms with Crippen molar-refractivity contribution in [3.05, 3.63) is 41.2 Å². The molecule has 0 spiro atoms. The van der Waals surface area contributed by atoms with Crippen LogP contribution in [0.2, 0.25) is 5.02 Å². The number of hydrogen-bond donors (Lipinski definition) is 1. The molecule has 1 saturated heterocycles. The Morgan fingerprint density at radius 2 is 2.31 bits per heavy atom. The van der Waals surface area contributed by atoms with Crippen LogP contribution < -0.4 is 5.32 Å². The number of anilines is 1. The van der Waals surface area contributed by atoms with Crippen LogP contribution >= 0.6 is 23.4 Å². The van der Waals surface area contributed by atoms with E-state index in [0.717, 1.165) is 23.1 Å². The molecular formula is C18H17ClN6S. The minimum atomic E-state index is 0.377. The fourth-order valence-electron chi connectivity index (χ4n) is 2.94. The molecule has 0 aromatic carbocycles. The number of fused-ring (bicyclic) bond motifs is 1. The van der Waals surface area contributed by atoms with Crippen molar-refractivity contribution in [1.82, 2.24) is 24.5 Å². The Labute approximate surface area is 160 Å². The van der Waals surface area contributed by atoms with Gasteiger partial charge in [-0.05, 0) is 43.1 Å². The summed E-state index contributed by atoms with van der Waals surface area (Å²) < 4.78 is 2.14. The van der Waals surface area contributed by atoms with E-state index in [9.17, 15) is 0 Å². The zero-order valence-electron chi connectivity index (χ0n) is 14.2. The van der Waals surface area contributed by atoms with E-state index in [1.54, 1.807) is 19.3 Å². The van der Waals surface area contributed by atoms with Crippen LogP contribution in [0.3, 0.4) is 0 Å². The topological polar surface area (TPSA) is 68.5 Å². The predicted molar refractivity (Wildman–Crippen MR) is 105 cm³/mol. The molecule has 0 bridgehead atoms. The minimum absolute atomic E-state index is 0.377. The summed E-state index contributed by atoms with van der Waals surface area (Å²) in [5, 5.41) is 4.32. The summed E-state index contributed by atoms with van der Waals surface area (Å²) in [7, 11) is 0. The highest BCUT2D eigenvalue weighted by Crippen LogP contribution is 2.37. The van der Waals surface area contributed by atoms with Crippen LogP contribution in [0.1, 0.15) is 36.5 Å². The SMILES string of the molecule is CC#Cc1nc(NCc2cncc(Cl)c2)c2ncn([C@H]3CCCS3)c2n1. The molecule has 0 aliphatic carbocycles. The van der Waals surface area contributed by atoms with Crippen molar-refractivity contribution in [2.45, 2.75) is 31.7 Å². The number of nitrogens with zero attached hydrogens (tertiary/aromatic N) is 5. The first-order valence-corrected chi connectivity index (χ1v) is 9.79. The maximum atomic E-state index is 6.01. The number of rotatable bonds is 4. The van der Waals surface area contributed by atoms with Crippen molar-refractivity contribution in [3.8, 4) is 11.8 Å². The largest absolute Gasteiger partial charge is 0.364 e. The van der Waals surface area contributed by atoms with E-state index in [0.29, 0.717) is 28.6 Å². The third kappa shape index (κ3) is 3.48. The lowest BCUT2D eigenvalue weighted by molar-refractivity contribution is 0.654. The quantitative estimate of drug-likeness (QED) is 0.688. The van der Waals surface area contributed by atoms with Crippen molar-refractivity contribution in [1.29, 1.82) is 0 Å². The van der Waals surface area contributed by atoms with Gasteiger partial charge in [-0.1, -0.05) is 17.5 Å². The van der Waals surface area contributed by atoms with Crippen LogP contribution in [0.15, 0.2) is 24.8 Å². The Morgan fingerprint density at radius 1 is 1.38 bits per heavy atom. The van der Waals surface area contributed by atoms with Gasteiger partial charge in [0.1, 0.15) is 0 Å². The number of pyridine rings is 1. The molecule has 8 heteroatoms. The van der Waals surface area contributed by atoms with Gasteiger partial charge >= 0.3 is 0 Å². The van der Waals surface area contributed by atoms with Crippen LogP contribution in [-0.2, 0) is 6.54 Å². The summed E-state index contributed by atoms with van der Waals surface area (Å²) in [4.78, 5) is 17.8. The van der Waals surface area contributed by atoms with Crippen LogP contribution in [0.5, 0.6) is 0 Å². The van der Waals surface area contributed by atoms with Gasteiger partial charge in [0.15, 0.2) is 17.0 Å². The Balaban J connectivity index is 1.71. The smallest absolute Gasteiger partial charge is 0.208 e. The van der Waals surface area contributed by atoms with Gasteiger partial charge in [0.25, 0.3) is 0 Å². The van der Waals surface area contributed by atoms with Gasteiger partial charge in [-0.3, -0.25) is 4.98 Å². The first-order chi connectivity index (χ1) is 12.7. The van der Waals surface area contributed by atoms with E-state index >= 15 is 0 Å². The number of thioether (sulfide) groups is 1. The van der Waals surface area contributed by atoms with Crippen molar-refractivity contribution >= 4 is 40.3 Å². The highest BCUT2D eigenvalue weighted by atomic mass is 35.5. The molecule has 1 fully saturated rings. The molecular weight excluding hydrogens is 368 g/mol. The van der Waals surface area contributed by atoms with Crippen LogP contribution in [0, 0.1) is 11.8 Å². The van der Waals surface area contributed by atoms with Gasteiger partial charge < -0.3 is 9.88 Å². The molecule has 4 heterocycles. The maximum Gasteiger partial charge on any atom is 0.208 e. The first-order valence-electron chi connectivity index (χ1n) is 8.37. The van der Waals surface area contributed by atoms with E-state index in [1.165, 1.54) is 12.2 Å². The minimum Gasteiger partial charge on any atom is -0.364 e. The van der Waals surface area contributed by atoms with Crippen molar-refractivity contribution < 1.29 is 0 Å². The lowest BCUT2D eigenvalue weighted by Gasteiger charge is -2.12. The van der Waals surface area contributed by atoms with E-state index in [1.807, 2.05) is 24.2 Å². The highest BCUT2D eigenvalue weighted by molar-refractivity contribution is 7.99. The van der Waals surface area contributed by atoms with E-state index in [-0.39, 0.29) is 0 Å². The molecule has 3 aromatic heterocycles. The molecule has 0 saturated carbocycles. The molecule has 6 nitrogen and oxygen atoms in total. The third-order valence-electron chi connectivity index (χ3n) is 4.10. The van der Waals surface area contributed by atoms with Crippen LogP contribution in [0.4, 0.5) is 5.82 Å². The molecule has 1 aliphatic rings. The number of nitrogens with one attached hydrogen (secondary N) is 1. The van der Waals surface area contributed by atoms with Gasteiger partial charge in [-0.15, -0.1) is 11.8 Å². The fraction of sp³-hybridized carbons (Fsp3) is 0.333. The van der Waals surface area contributed by atoms with Gasteiger partial charge in [-0.25, -0.2) is 15.0 Å². The molecule has 0 radical (unpaired) electrons. The Morgan fingerprint density at radius 3 is 3.08 bits per heavy atom. The standard InChI is InChI=1S/C18H17ClN6S/c1-2-4-14-23-17(21-9-12-7-13(19)10-20-8-12)16-18(24-14)25(11-22-16)15-5-3-6-26-15/h7-8,10-11,15H,3,5-6,9H2,1H3,(H,21,23,24)/t15-/m1/s1. The van der Waals surface area contributed by atoms with E-state index in [4.69, 9.17) is 11.6 Å². The number of imidazole rings is 1. The third-order valence-corrected chi connectivity index (χ3v) is 5.67. The summed E-state index contributed by atoms with van der Waals surface area (Å²) in [6.45, 7) is 2.33. The van der Waals surface area contributed by atoms with Gasteiger partial charge in [0, 0.05) is 18.9 Å². The second-order valence-electron chi connectivity index (χ2n) is 5.93. The number of halogens is 1. The van der Waals surface area contributed by atoms with E-state index < -0.39 is 0 Å². The number of hydrogen-bond acceptors (Lipinski definition) is 6. The molecule has 0 unspecified atom stereocenters. The van der Waals surface area contributed by atoms with Crippen molar-refractivity contribution in [2.24, 2.45) is 0 Å². The van der Waals surface area contributed by atoms with Gasteiger partial charge in [-0.2, -0.15) is 0 Å². The zero-order valence-corrected chi connectivity index (χ0v) is 15.8. The lowest BCUT2D eigenvalue weighted by atomic mass is 10.3. The Hall–Kier alpha value is -2.30.